The van der Waals surface area contributed by atoms with Gasteiger partial charge in [0.25, 0.3) is 0 Å². The highest BCUT2D eigenvalue weighted by molar-refractivity contribution is 5.71. The molecule has 0 saturated heterocycles. The molecule has 0 aliphatic carbocycles. The molecular weight excluding hydrogens is 649 g/mol. The first kappa shape index (κ1) is 50.4. The van der Waals surface area contributed by atoms with Crippen molar-refractivity contribution in [1.82, 2.24) is 0 Å². The van der Waals surface area contributed by atoms with Gasteiger partial charge < -0.3 is 14.2 Å². The lowest BCUT2D eigenvalue weighted by Crippen LogP contribution is -2.30. The van der Waals surface area contributed by atoms with Gasteiger partial charge in [-0.2, -0.15) is 0 Å². The normalized spacial score (nSPS) is 12.6. The average molecular weight is 737 g/mol. The van der Waals surface area contributed by atoms with Crippen molar-refractivity contribution in [2.45, 2.75) is 253 Å². The fourth-order valence-electron chi connectivity index (χ4n) is 6.72. The smallest absolute Gasteiger partial charge is 0.306 e. The summed E-state index contributed by atoms with van der Waals surface area (Å²) in [6.07, 6.45) is 36.9. The topological polar surface area (TPSA) is 78.9 Å². The van der Waals surface area contributed by atoms with Crippen molar-refractivity contribution in [3.63, 3.8) is 0 Å². The summed E-state index contributed by atoms with van der Waals surface area (Å²) in [5.74, 6) is 0.816. The molecule has 308 valence electrons. The monoisotopic (exact) mass is 737 g/mol. The van der Waals surface area contributed by atoms with Gasteiger partial charge in [0.1, 0.15) is 13.2 Å². The zero-order chi connectivity index (χ0) is 38.3. The average Bonchev–Trinajstić information content (AvgIpc) is 3.12. The van der Waals surface area contributed by atoms with E-state index in [1.807, 2.05) is 0 Å². The quantitative estimate of drug-likeness (QED) is 0.0354. The van der Waals surface area contributed by atoms with Crippen LogP contribution in [0.3, 0.4) is 0 Å². The Kier molecular flexibility index (Phi) is 37.9. The molecule has 1 unspecified atom stereocenters. The summed E-state index contributed by atoms with van der Waals surface area (Å²) in [5, 5.41) is 0. The molecule has 0 aliphatic rings. The third-order valence-electron chi connectivity index (χ3n) is 10.6. The van der Waals surface area contributed by atoms with Crippen LogP contribution < -0.4 is 0 Å². The highest BCUT2D eigenvalue weighted by Crippen LogP contribution is 2.17. The van der Waals surface area contributed by atoms with Crippen molar-refractivity contribution in [3.05, 3.63) is 0 Å². The van der Waals surface area contributed by atoms with Crippen molar-refractivity contribution < 1.29 is 28.6 Å². The SMILES string of the molecule is CCCCCCCC(=O)OC[C@@H](COC(=O)CCCCCCCCCCCCCCCCC(C)CC)OC(=O)CCCCCCCCCCC(C)C. The van der Waals surface area contributed by atoms with E-state index in [1.165, 1.54) is 128 Å². The van der Waals surface area contributed by atoms with Gasteiger partial charge in [-0.15, -0.1) is 0 Å². The van der Waals surface area contributed by atoms with Crippen molar-refractivity contribution in [1.29, 1.82) is 0 Å². The van der Waals surface area contributed by atoms with Gasteiger partial charge in [0.05, 0.1) is 0 Å². The highest BCUT2D eigenvalue weighted by atomic mass is 16.6. The fourth-order valence-corrected chi connectivity index (χ4v) is 6.72. The van der Waals surface area contributed by atoms with Crippen LogP contribution in [0.4, 0.5) is 0 Å². The van der Waals surface area contributed by atoms with Crippen LogP contribution in [0.25, 0.3) is 0 Å². The summed E-state index contributed by atoms with van der Waals surface area (Å²) in [5.41, 5.74) is 0. The molecule has 52 heavy (non-hydrogen) atoms. The molecule has 0 aromatic carbocycles. The molecule has 0 amide bonds. The summed E-state index contributed by atoms with van der Waals surface area (Å²) < 4.78 is 16.6. The second kappa shape index (κ2) is 39.1. The highest BCUT2D eigenvalue weighted by Gasteiger charge is 2.19. The summed E-state index contributed by atoms with van der Waals surface area (Å²) >= 11 is 0. The first-order valence-electron chi connectivity index (χ1n) is 22.8. The van der Waals surface area contributed by atoms with Crippen molar-refractivity contribution in [2.24, 2.45) is 11.8 Å². The van der Waals surface area contributed by atoms with Crippen molar-refractivity contribution in [3.8, 4) is 0 Å². The molecule has 0 saturated carbocycles. The van der Waals surface area contributed by atoms with Crippen LogP contribution in [0, 0.1) is 11.8 Å². The van der Waals surface area contributed by atoms with E-state index < -0.39 is 6.10 Å². The van der Waals surface area contributed by atoms with Crippen molar-refractivity contribution >= 4 is 17.9 Å². The van der Waals surface area contributed by atoms with Gasteiger partial charge in [0, 0.05) is 19.3 Å². The molecule has 0 fully saturated rings. The number of ether oxygens (including phenoxy) is 3. The Morgan fingerprint density at radius 3 is 1.10 bits per heavy atom. The molecule has 0 aromatic rings. The first-order chi connectivity index (χ1) is 25.3. The second-order valence-electron chi connectivity index (χ2n) is 16.4. The van der Waals surface area contributed by atoms with Crippen LogP contribution in [0.15, 0.2) is 0 Å². The standard InChI is InChI=1S/C46H88O6/c1-6-8-9-24-31-36-44(47)50-39-43(52-46(49)38-33-28-23-19-18-20-25-29-34-41(3)4)40-51-45(48)37-32-27-22-17-15-13-11-10-12-14-16-21-26-30-35-42(5)7-2/h41-43H,6-40H2,1-5H3/t42?,43-/m0/s1. The Morgan fingerprint density at radius 1 is 0.404 bits per heavy atom. The first-order valence-corrected chi connectivity index (χ1v) is 22.8. The van der Waals surface area contributed by atoms with E-state index >= 15 is 0 Å². The number of esters is 3. The number of hydrogen-bond acceptors (Lipinski definition) is 6. The molecule has 6 heteroatoms. The fraction of sp³-hybridized carbons (Fsp3) is 0.935. The van der Waals surface area contributed by atoms with Crippen LogP contribution in [-0.4, -0.2) is 37.2 Å². The predicted octanol–water partition coefficient (Wildman–Crippen LogP) is 14.2. The second-order valence-corrected chi connectivity index (χ2v) is 16.4. The minimum atomic E-state index is -0.759. The third-order valence-corrected chi connectivity index (χ3v) is 10.6. The largest absolute Gasteiger partial charge is 0.462 e. The molecule has 0 bridgehead atoms. The summed E-state index contributed by atoms with van der Waals surface area (Å²) in [6, 6.07) is 0. The van der Waals surface area contributed by atoms with Gasteiger partial charge in [0.15, 0.2) is 6.10 Å². The zero-order valence-electron chi connectivity index (χ0n) is 35.4. The Labute approximate surface area is 323 Å². The maximum absolute atomic E-state index is 12.6. The van der Waals surface area contributed by atoms with Crippen molar-refractivity contribution in [2.75, 3.05) is 13.2 Å². The van der Waals surface area contributed by atoms with E-state index in [2.05, 4.69) is 34.6 Å². The third kappa shape index (κ3) is 38.1. The lowest BCUT2D eigenvalue weighted by Gasteiger charge is -2.18. The Balaban J connectivity index is 4.14. The van der Waals surface area contributed by atoms with Crippen LogP contribution >= 0.6 is 0 Å². The molecule has 0 aliphatic heterocycles. The van der Waals surface area contributed by atoms with E-state index in [1.54, 1.807) is 0 Å². The molecule has 6 nitrogen and oxygen atoms in total. The lowest BCUT2D eigenvalue weighted by atomic mass is 9.99. The van der Waals surface area contributed by atoms with Crippen LogP contribution in [0.1, 0.15) is 247 Å². The zero-order valence-corrected chi connectivity index (χ0v) is 35.4. The van der Waals surface area contributed by atoms with E-state index in [4.69, 9.17) is 14.2 Å². The molecule has 0 radical (unpaired) electrons. The molecule has 0 rings (SSSR count). The molecule has 0 N–H and O–H groups in total. The van der Waals surface area contributed by atoms with Crippen LogP contribution in [0.2, 0.25) is 0 Å². The van der Waals surface area contributed by atoms with Crippen LogP contribution in [0.5, 0.6) is 0 Å². The molecule has 0 heterocycles. The number of carbonyl (C=O) groups excluding carboxylic acids is 3. The van der Waals surface area contributed by atoms with E-state index in [9.17, 15) is 14.4 Å². The Bertz CT molecular complexity index is 796. The molecular formula is C46H88O6. The number of unbranched alkanes of at least 4 members (excludes halogenated alkanes) is 24. The maximum atomic E-state index is 12.6. The van der Waals surface area contributed by atoms with E-state index in [0.29, 0.717) is 19.3 Å². The number of hydrogen-bond donors (Lipinski definition) is 0. The minimum absolute atomic E-state index is 0.0661. The maximum Gasteiger partial charge on any atom is 0.306 e. The van der Waals surface area contributed by atoms with Crippen LogP contribution in [-0.2, 0) is 28.6 Å². The lowest BCUT2D eigenvalue weighted by molar-refractivity contribution is -0.167. The molecule has 2 atom stereocenters. The van der Waals surface area contributed by atoms with Gasteiger partial charge in [-0.3, -0.25) is 14.4 Å². The number of rotatable bonds is 40. The summed E-state index contributed by atoms with van der Waals surface area (Å²) in [6.45, 7) is 11.3. The van der Waals surface area contributed by atoms with Gasteiger partial charge in [-0.25, -0.2) is 0 Å². The van der Waals surface area contributed by atoms with Gasteiger partial charge in [0.2, 0.25) is 0 Å². The summed E-state index contributed by atoms with van der Waals surface area (Å²) in [7, 11) is 0. The molecule has 0 spiro atoms. The van der Waals surface area contributed by atoms with Gasteiger partial charge >= 0.3 is 17.9 Å². The van der Waals surface area contributed by atoms with E-state index in [0.717, 1.165) is 76.0 Å². The van der Waals surface area contributed by atoms with Gasteiger partial charge in [-0.05, 0) is 31.1 Å². The predicted molar refractivity (Wildman–Crippen MR) is 220 cm³/mol. The van der Waals surface area contributed by atoms with E-state index in [-0.39, 0.29) is 31.1 Å². The molecule has 0 aromatic heterocycles. The Hall–Kier alpha value is -1.59. The summed E-state index contributed by atoms with van der Waals surface area (Å²) in [4.78, 5) is 37.4. The van der Waals surface area contributed by atoms with Gasteiger partial charge in [-0.1, -0.05) is 208 Å². The Morgan fingerprint density at radius 2 is 0.731 bits per heavy atom. The number of carbonyl (C=O) groups is 3. The minimum Gasteiger partial charge on any atom is -0.462 e.